The summed E-state index contributed by atoms with van der Waals surface area (Å²) in [6.45, 7) is 2.79. The Bertz CT molecular complexity index is 366. The number of hydrogen-bond acceptors (Lipinski definition) is 4. The zero-order valence-corrected chi connectivity index (χ0v) is 12.2. The van der Waals surface area contributed by atoms with Crippen LogP contribution < -0.4 is 0 Å². The average molecular weight is 287 g/mol. The number of amides is 2. The summed E-state index contributed by atoms with van der Waals surface area (Å²) in [4.78, 5) is 28.8. The van der Waals surface area contributed by atoms with E-state index in [0.29, 0.717) is 24.1 Å². The van der Waals surface area contributed by atoms with Crippen LogP contribution in [0.25, 0.3) is 0 Å². The van der Waals surface area contributed by atoms with Crippen LogP contribution in [-0.4, -0.2) is 83.2 Å². The number of thioether (sulfide) groups is 1. The van der Waals surface area contributed by atoms with E-state index in [4.69, 9.17) is 5.11 Å². The summed E-state index contributed by atoms with van der Waals surface area (Å²) in [5.41, 5.74) is 0. The number of carboxylic acid groups (broad SMARTS) is 1. The quantitative estimate of drug-likeness (QED) is 0.816. The third kappa shape index (κ3) is 3.33. The lowest BCUT2D eigenvalue weighted by Crippen LogP contribution is -2.48. The molecule has 2 heterocycles. The topological polar surface area (TPSA) is 64.1 Å². The van der Waals surface area contributed by atoms with Crippen LogP contribution in [0.2, 0.25) is 0 Å². The largest absolute Gasteiger partial charge is 0.480 e. The highest BCUT2D eigenvalue weighted by Crippen LogP contribution is 2.23. The summed E-state index contributed by atoms with van der Waals surface area (Å²) in [5.74, 6) is 0.552. The highest BCUT2D eigenvalue weighted by molar-refractivity contribution is 7.99. The van der Waals surface area contributed by atoms with Gasteiger partial charge in [-0.2, -0.15) is 0 Å². The van der Waals surface area contributed by atoms with Crippen LogP contribution in [0.1, 0.15) is 6.42 Å². The monoisotopic (exact) mass is 287 g/mol. The van der Waals surface area contributed by atoms with E-state index in [9.17, 15) is 9.59 Å². The minimum atomic E-state index is -0.910. The number of hydrogen-bond donors (Lipinski definition) is 1. The van der Waals surface area contributed by atoms with E-state index in [1.54, 1.807) is 11.9 Å². The number of urea groups is 1. The Balaban J connectivity index is 1.89. The Morgan fingerprint density at radius 3 is 2.79 bits per heavy atom. The summed E-state index contributed by atoms with van der Waals surface area (Å²) in [6.07, 6.45) is 1.10. The van der Waals surface area contributed by atoms with Crippen molar-refractivity contribution in [1.82, 2.24) is 14.7 Å². The molecule has 19 heavy (non-hydrogen) atoms. The molecule has 6 nitrogen and oxygen atoms in total. The maximum absolute atomic E-state index is 12.3. The molecule has 2 rings (SSSR count). The summed E-state index contributed by atoms with van der Waals surface area (Å²) in [5, 5.41) is 9.10. The molecule has 2 fully saturated rings. The summed E-state index contributed by atoms with van der Waals surface area (Å²) in [7, 11) is 3.85. The van der Waals surface area contributed by atoms with Crippen molar-refractivity contribution in [1.29, 1.82) is 0 Å². The number of rotatable bonds is 3. The Kier molecular flexibility index (Phi) is 4.57. The fraction of sp³-hybridized carbons (Fsp3) is 0.833. The summed E-state index contributed by atoms with van der Waals surface area (Å²) < 4.78 is 0. The third-order valence-electron chi connectivity index (χ3n) is 3.76. The molecule has 0 saturated carbocycles. The van der Waals surface area contributed by atoms with Gasteiger partial charge in [-0.05, 0) is 25.9 Å². The van der Waals surface area contributed by atoms with Gasteiger partial charge in [0.15, 0.2) is 0 Å². The van der Waals surface area contributed by atoms with Gasteiger partial charge >= 0.3 is 12.0 Å². The molecule has 2 unspecified atom stereocenters. The van der Waals surface area contributed by atoms with E-state index in [0.717, 1.165) is 19.5 Å². The molecule has 0 aromatic carbocycles. The van der Waals surface area contributed by atoms with Crippen molar-refractivity contribution < 1.29 is 14.7 Å². The standard InChI is InChI=1S/C12H21N3O3S/c1-13-4-3-9(5-13)6-14(2)12(18)15-8-19-7-10(15)11(16)17/h9-10H,3-8H2,1-2H3,(H,16,17). The summed E-state index contributed by atoms with van der Waals surface area (Å²) >= 11 is 1.50. The molecule has 1 N–H and O–H groups in total. The lowest BCUT2D eigenvalue weighted by Gasteiger charge is -2.28. The maximum atomic E-state index is 12.3. The molecule has 2 amide bonds. The fourth-order valence-electron chi connectivity index (χ4n) is 2.70. The van der Waals surface area contributed by atoms with E-state index in [-0.39, 0.29) is 6.03 Å². The van der Waals surface area contributed by atoms with Gasteiger partial charge in [0.2, 0.25) is 0 Å². The first-order chi connectivity index (χ1) is 8.99. The Morgan fingerprint density at radius 1 is 1.47 bits per heavy atom. The minimum absolute atomic E-state index is 0.160. The molecule has 2 atom stereocenters. The van der Waals surface area contributed by atoms with Crippen LogP contribution in [0.4, 0.5) is 4.79 Å². The molecule has 0 aromatic heterocycles. The molecular formula is C12H21N3O3S. The lowest BCUT2D eigenvalue weighted by molar-refractivity contribution is -0.140. The third-order valence-corrected chi connectivity index (χ3v) is 4.77. The van der Waals surface area contributed by atoms with Crippen LogP contribution in [0.5, 0.6) is 0 Å². The SMILES string of the molecule is CN1CCC(CN(C)C(=O)N2CSCC2C(=O)O)C1. The van der Waals surface area contributed by atoms with Crippen LogP contribution in [0.15, 0.2) is 0 Å². The molecule has 0 spiro atoms. The number of carboxylic acids is 1. The van der Waals surface area contributed by atoms with Gasteiger partial charge in [-0.3, -0.25) is 0 Å². The van der Waals surface area contributed by atoms with Crippen molar-refractivity contribution in [3.8, 4) is 0 Å². The van der Waals surface area contributed by atoms with Gasteiger partial charge in [-0.1, -0.05) is 0 Å². The van der Waals surface area contributed by atoms with Gasteiger partial charge in [0.25, 0.3) is 0 Å². The molecular weight excluding hydrogens is 266 g/mol. The molecule has 7 heteroatoms. The summed E-state index contributed by atoms with van der Waals surface area (Å²) in [6, 6.07) is -0.835. The second-order valence-electron chi connectivity index (χ2n) is 5.40. The first-order valence-electron chi connectivity index (χ1n) is 6.50. The number of nitrogens with zero attached hydrogens (tertiary/aromatic N) is 3. The van der Waals surface area contributed by atoms with E-state index < -0.39 is 12.0 Å². The van der Waals surface area contributed by atoms with Crippen molar-refractivity contribution in [2.45, 2.75) is 12.5 Å². The van der Waals surface area contributed by atoms with Gasteiger partial charge in [-0.15, -0.1) is 11.8 Å². The second-order valence-corrected chi connectivity index (χ2v) is 6.40. The first-order valence-corrected chi connectivity index (χ1v) is 7.65. The van der Waals surface area contributed by atoms with Crippen LogP contribution >= 0.6 is 11.8 Å². The Hall–Kier alpha value is -0.950. The molecule has 2 saturated heterocycles. The van der Waals surface area contributed by atoms with Crippen molar-refractivity contribution in [3.63, 3.8) is 0 Å². The van der Waals surface area contributed by atoms with Gasteiger partial charge in [0.05, 0.1) is 5.88 Å². The molecule has 0 aliphatic carbocycles. The predicted octanol–water partition coefficient (Wildman–Crippen LogP) is 0.449. The predicted molar refractivity (Wildman–Crippen MR) is 74.2 cm³/mol. The molecule has 2 aliphatic rings. The number of carbonyl (C=O) groups is 2. The molecule has 0 radical (unpaired) electrons. The van der Waals surface area contributed by atoms with Crippen LogP contribution in [0, 0.1) is 5.92 Å². The van der Waals surface area contributed by atoms with Crippen LogP contribution in [-0.2, 0) is 4.79 Å². The number of carbonyl (C=O) groups excluding carboxylic acids is 1. The second kappa shape index (κ2) is 6.00. The molecule has 0 bridgehead atoms. The number of aliphatic carboxylic acids is 1. The smallest absolute Gasteiger partial charge is 0.327 e. The Labute approximate surface area is 117 Å². The van der Waals surface area contributed by atoms with E-state index in [2.05, 4.69) is 11.9 Å². The minimum Gasteiger partial charge on any atom is -0.480 e. The maximum Gasteiger partial charge on any atom is 0.327 e. The van der Waals surface area contributed by atoms with Crippen molar-refractivity contribution in [2.75, 3.05) is 45.4 Å². The zero-order valence-electron chi connectivity index (χ0n) is 11.4. The van der Waals surface area contributed by atoms with E-state index in [1.807, 2.05) is 0 Å². The zero-order chi connectivity index (χ0) is 14.0. The highest BCUT2D eigenvalue weighted by Gasteiger charge is 2.36. The van der Waals surface area contributed by atoms with E-state index in [1.165, 1.54) is 16.7 Å². The highest BCUT2D eigenvalue weighted by atomic mass is 32.2. The first kappa shape index (κ1) is 14.5. The van der Waals surface area contributed by atoms with Crippen molar-refractivity contribution in [2.24, 2.45) is 5.92 Å². The van der Waals surface area contributed by atoms with Gasteiger partial charge in [0, 0.05) is 25.9 Å². The molecule has 2 aliphatic heterocycles. The van der Waals surface area contributed by atoms with Crippen molar-refractivity contribution in [3.05, 3.63) is 0 Å². The fourth-order valence-corrected chi connectivity index (χ4v) is 3.83. The van der Waals surface area contributed by atoms with Gasteiger partial charge in [-0.25, -0.2) is 9.59 Å². The normalized spacial score (nSPS) is 27.8. The van der Waals surface area contributed by atoms with E-state index >= 15 is 0 Å². The molecule has 108 valence electrons. The van der Waals surface area contributed by atoms with Gasteiger partial charge < -0.3 is 19.8 Å². The van der Waals surface area contributed by atoms with Gasteiger partial charge in [0.1, 0.15) is 6.04 Å². The Morgan fingerprint density at radius 2 is 2.21 bits per heavy atom. The average Bonchev–Trinajstić information content (AvgIpc) is 2.97. The number of likely N-dealkylation sites (tertiary alicyclic amines) is 1. The van der Waals surface area contributed by atoms with Crippen molar-refractivity contribution >= 4 is 23.8 Å². The molecule has 0 aromatic rings. The lowest BCUT2D eigenvalue weighted by atomic mass is 10.1. The van der Waals surface area contributed by atoms with Crippen LogP contribution in [0.3, 0.4) is 0 Å².